The number of carboxylic acids is 1. The molecule has 1 unspecified atom stereocenters. The fourth-order valence-electron chi connectivity index (χ4n) is 4.21. The van der Waals surface area contributed by atoms with Gasteiger partial charge in [0.05, 0.1) is 13.2 Å². The van der Waals surface area contributed by atoms with E-state index in [1.165, 1.54) is 44.9 Å². The molecule has 33 heavy (non-hydrogen) atoms. The summed E-state index contributed by atoms with van der Waals surface area (Å²) in [6.45, 7) is 5.88. The third-order valence-corrected chi connectivity index (χ3v) is 6.28. The first-order valence-corrected chi connectivity index (χ1v) is 13.8. The van der Waals surface area contributed by atoms with Gasteiger partial charge in [-0.05, 0) is 32.2 Å². The molecular formula is C27H53NO5. The van der Waals surface area contributed by atoms with Gasteiger partial charge >= 0.3 is 11.9 Å². The van der Waals surface area contributed by atoms with Crippen LogP contribution in [0.4, 0.5) is 0 Å². The summed E-state index contributed by atoms with van der Waals surface area (Å²) in [6, 6.07) is -0.532. The molecule has 0 rings (SSSR count). The lowest BCUT2D eigenvalue weighted by Gasteiger charge is -2.28. The Kier molecular flexibility index (Phi) is 23.2. The first-order valence-electron chi connectivity index (χ1n) is 13.8. The molecule has 6 nitrogen and oxygen atoms in total. The van der Waals surface area contributed by atoms with Gasteiger partial charge in [-0.15, -0.1) is 0 Å². The molecule has 0 aliphatic heterocycles. The van der Waals surface area contributed by atoms with Crippen molar-refractivity contribution in [1.82, 2.24) is 4.90 Å². The average Bonchev–Trinajstić information content (AvgIpc) is 2.79. The van der Waals surface area contributed by atoms with Crippen molar-refractivity contribution < 1.29 is 24.5 Å². The molecule has 0 bridgehead atoms. The molecule has 0 amide bonds. The minimum atomic E-state index is -0.806. The van der Waals surface area contributed by atoms with E-state index in [1.807, 2.05) is 4.90 Å². The third-order valence-electron chi connectivity index (χ3n) is 6.28. The third kappa shape index (κ3) is 20.0. The molecule has 0 saturated heterocycles. The van der Waals surface area contributed by atoms with Crippen molar-refractivity contribution >= 4 is 11.9 Å². The number of nitrogens with zero attached hydrogens (tertiary/aromatic N) is 1. The van der Waals surface area contributed by atoms with Crippen LogP contribution in [0.15, 0.2) is 0 Å². The maximum absolute atomic E-state index is 11.9. The van der Waals surface area contributed by atoms with Gasteiger partial charge in [-0.2, -0.15) is 0 Å². The predicted octanol–water partition coefficient (Wildman–Crippen LogP) is 6.34. The van der Waals surface area contributed by atoms with E-state index in [0.717, 1.165) is 57.8 Å². The lowest BCUT2D eigenvalue weighted by atomic mass is 10.0. The van der Waals surface area contributed by atoms with Crippen molar-refractivity contribution in [3.05, 3.63) is 0 Å². The summed E-state index contributed by atoms with van der Waals surface area (Å²) in [4.78, 5) is 25.5. The second-order valence-electron chi connectivity index (χ2n) is 9.32. The van der Waals surface area contributed by atoms with Crippen LogP contribution < -0.4 is 0 Å². The quantitative estimate of drug-likeness (QED) is 0.119. The van der Waals surface area contributed by atoms with Crippen LogP contribution in [0.1, 0.15) is 129 Å². The highest BCUT2D eigenvalue weighted by molar-refractivity contribution is 5.73. The van der Waals surface area contributed by atoms with Gasteiger partial charge in [0.25, 0.3) is 0 Å². The first-order chi connectivity index (χ1) is 16.1. The Balaban J connectivity index is 3.85. The number of rotatable bonds is 25. The van der Waals surface area contributed by atoms with Gasteiger partial charge in [0, 0.05) is 13.0 Å². The summed E-state index contributed by atoms with van der Waals surface area (Å²) < 4.78 is 5.34. The molecule has 0 heterocycles. The highest BCUT2D eigenvalue weighted by Crippen LogP contribution is 2.14. The van der Waals surface area contributed by atoms with Gasteiger partial charge in [0.2, 0.25) is 0 Å². The van der Waals surface area contributed by atoms with Gasteiger partial charge in [-0.1, -0.05) is 97.3 Å². The van der Waals surface area contributed by atoms with Crippen molar-refractivity contribution in [2.24, 2.45) is 0 Å². The van der Waals surface area contributed by atoms with Gasteiger partial charge < -0.3 is 14.9 Å². The lowest BCUT2D eigenvalue weighted by molar-refractivity contribution is -0.144. The lowest BCUT2D eigenvalue weighted by Crippen LogP contribution is -2.43. The van der Waals surface area contributed by atoms with Crippen LogP contribution in [-0.2, 0) is 14.3 Å². The summed E-state index contributed by atoms with van der Waals surface area (Å²) in [6.07, 6.45) is 18.9. The SMILES string of the molecule is CCCCCCCCCCCOC(=O)CCCCCN(CCO)C(CCCCCC)C(=O)O. The van der Waals surface area contributed by atoms with Crippen LogP contribution in [0.5, 0.6) is 0 Å². The minimum Gasteiger partial charge on any atom is -0.480 e. The van der Waals surface area contributed by atoms with E-state index in [1.54, 1.807) is 0 Å². The van der Waals surface area contributed by atoms with Gasteiger partial charge in [0.1, 0.15) is 6.04 Å². The average molecular weight is 472 g/mol. The second kappa shape index (κ2) is 24.0. The topological polar surface area (TPSA) is 87.1 Å². The van der Waals surface area contributed by atoms with E-state index in [9.17, 15) is 19.8 Å². The molecule has 0 aliphatic carbocycles. The molecule has 0 aromatic heterocycles. The monoisotopic (exact) mass is 471 g/mol. The Morgan fingerprint density at radius 2 is 1.27 bits per heavy atom. The summed E-state index contributed by atoms with van der Waals surface area (Å²) in [7, 11) is 0. The number of carboxylic acid groups (broad SMARTS) is 1. The van der Waals surface area contributed by atoms with Crippen LogP contribution in [-0.4, -0.2) is 59.4 Å². The molecule has 0 aromatic carbocycles. The van der Waals surface area contributed by atoms with Crippen molar-refractivity contribution in [3.8, 4) is 0 Å². The molecule has 2 N–H and O–H groups in total. The summed E-state index contributed by atoms with van der Waals surface area (Å²) in [5.41, 5.74) is 0. The Morgan fingerprint density at radius 1 is 0.727 bits per heavy atom. The normalized spacial score (nSPS) is 12.2. The first kappa shape index (κ1) is 31.9. The zero-order chi connectivity index (χ0) is 24.6. The number of aliphatic hydroxyl groups excluding tert-OH is 1. The smallest absolute Gasteiger partial charge is 0.320 e. The number of hydrogen-bond acceptors (Lipinski definition) is 5. The molecule has 0 saturated carbocycles. The summed E-state index contributed by atoms with van der Waals surface area (Å²) in [5, 5.41) is 19.0. The Labute approximate surface area is 203 Å². The van der Waals surface area contributed by atoms with Crippen LogP contribution in [0.3, 0.4) is 0 Å². The number of hydrogen-bond donors (Lipinski definition) is 2. The van der Waals surface area contributed by atoms with Gasteiger partial charge in [-0.3, -0.25) is 14.5 Å². The number of carbonyl (C=O) groups is 2. The van der Waals surface area contributed by atoms with Crippen molar-refractivity contribution in [2.75, 3.05) is 26.3 Å². The van der Waals surface area contributed by atoms with E-state index in [4.69, 9.17) is 4.74 Å². The fraction of sp³-hybridized carbons (Fsp3) is 0.926. The molecule has 0 aliphatic rings. The molecule has 1 atom stereocenters. The van der Waals surface area contributed by atoms with Crippen LogP contribution >= 0.6 is 0 Å². The molecule has 6 heteroatoms. The second-order valence-corrected chi connectivity index (χ2v) is 9.32. The van der Waals surface area contributed by atoms with Crippen LogP contribution in [0.2, 0.25) is 0 Å². The summed E-state index contributed by atoms with van der Waals surface area (Å²) in [5.74, 6) is -0.930. The number of aliphatic hydroxyl groups is 1. The standard InChI is InChI=1S/C27H53NO5/c1-3-5-7-9-10-11-12-13-18-24-33-26(30)20-16-14-17-21-28(22-23-29)25(27(31)32)19-15-8-6-4-2/h25,29H,3-24H2,1-2H3,(H,31,32). The highest BCUT2D eigenvalue weighted by atomic mass is 16.5. The number of aliphatic carboxylic acids is 1. The Morgan fingerprint density at radius 3 is 1.85 bits per heavy atom. The Hall–Kier alpha value is -1.14. The van der Waals surface area contributed by atoms with Crippen LogP contribution in [0, 0.1) is 0 Å². The molecule has 0 spiro atoms. The number of carbonyl (C=O) groups excluding carboxylic acids is 1. The zero-order valence-electron chi connectivity index (χ0n) is 21.7. The number of unbranched alkanes of at least 4 members (excludes halogenated alkanes) is 13. The number of ether oxygens (including phenoxy) is 1. The maximum atomic E-state index is 11.9. The summed E-state index contributed by atoms with van der Waals surface area (Å²) >= 11 is 0. The van der Waals surface area contributed by atoms with E-state index in [0.29, 0.717) is 32.5 Å². The molecule has 0 fully saturated rings. The highest BCUT2D eigenvalue weighted by Gasteiger charge is 2.24. The zero-order valence-corrected chi connectivity index (χ0v) is 21.7. The van der Waals surface area contributed by atoms with E-state index >= 15 is 0 Å². The molecule has 0 radical (unpaired) electrons. The van der Waals surface area contributed by atoms with Crippen LogP contribution in [0.25, 0.3) is 0 Å². The predicted molar refractivity (Wildman–Crippen MR) is 135 cm³/mol. The largest absolute Gasteiger partial charge is 0.480 e. The van der Waals surface area contributed by atoms with E-state index < -0.39 is 12.0 Å². The molecule has 0 aromatic rings. The fourth-order valence-corrected chi connectivity index (χ4v) is 4.21. The van der Waals surface area contributed by atoms with Gasteiger partial charge in [0.15, 0.2) is 0 Å². The van der Waals surface area contributed by atoms with E-state index in [2.05, 4.69) is 13.8 Å². The van der Waals surface area contributed by atoms with Crippen molar-refractivity contribution in [3.63, 3.8) is 0 Å². The maximum Gasteiger partial charge on any atom is 0.320 e. The van der Waals surface area contributed by atoms with Crippen molar-refractivity contribution in [1.29, 1.82) is 0 Å². The Bertz CT molecular complexity index is 458. The number of esters is 1. The molecule has 196 valence electrons. The molecular weight excluding hydrogens is 418 g/mol. The minimum absolute atomic E-state index is 0.0378. The van der Waals surface area contributed by atoms with Crippen molar-refractivity contribution in [2.45, 2.75) is 135 Å². The van der Waals surface area contributed by atoms with Gasteiger partial charge in [-0.25, -0.2) is 0 Å². The van der Waals surface area contributed by atoms with E-state index in [-0.39, 0.29) is 12.6 Å².